The number of H-pyrrole nitrogens is 1. The van der Waals surface area contributed by atoms with Gasteiger partial charge in [0.25, 0.3) is 0 Å². The predicted molar refractivity (Wildman–Crippen MR) is 108 cm³/mol. The van der Waals surface area contributed by atoms with E-state index < -0.39 is 0 Å². The molecule has 1 aliphatic rings. The molecule has 1 N–H and O–H groups in total. The second-order valence-corrected chi connectivity index (χ2v) is 8.53. The molecular weight excluding hydrogens is 378 g/mol. The van der Waals surface area contributed by atoms with E-state index in [4.69, 9.17) is 0 Å². The van der Waals surface area contributed by atoms with Crippen LogP contribution in [0.4, 0.5) is 0 Å². The molecule has 4 heterocycles. The van der Waals surface area contributed by atoms with E-state index in [0.717, 1.165) is 60.6 Å². The highest BCUT2D eigenvalue weighted by atomic mass is 32.1. The van der Waals surface area contributed by atoms with Gasteiger partial charge in [-0.2, -0.15) is 5.10 Å². The molecule has 0 saturated heterocycles. The summed E-state index contributed by atoms with van der Waals surface area (Å²) in [7, 11) is 0. The molecule has 27 heavy (non-hydrogen) atoms. The first kappa shape index (κ1) is 16.7. The monoisotopic (exact) mass is 395 g/mol. The van der Waals surface area contributed by atoms with E-state index in [2.05, 4.69) is 49.3 Å². The maximum Gasteiger partial charge on any atom is 0.322 e. The van der Waals surface area contributed by atoms with Gasteiger partial charge in [-0.25, -0.2) is 10.1 Å². The van der Waals surface area contributed by atoms with Gasteiger partial charge in [0.15, 0.2) is 0 Å². The van der Waals surface area contributed by atoms with E-state index in [1.165, 1.54) is 15.8 Å². The lowest BCUT2D eigenvalue weighted by molar-refractivity contribution is 0.279. The molecule has 0 bridgehead atoms. The molecule has 5 rings (SSSR count). The number of nitrogens with one attached hydrogen (secondary N) is 1. The fourth-order valence-electron chi connectivity index (χ4n) is 3.52. The molecule has 8 heteroatoms. The van der Waals surface area contributed by atoms with Gasteiger partial charge >= 0.3 is 4.87 Å². The highest BCUT2D eigenvalue weighted by Gasteiger charge is 2.17. The van der Waals surface area contributed by atoms with Crippen molar-refractivity contribution in [3.05, 3.63) is 62.5 Å². The molecule has 0 unspecified atom stereocenters. The lowest BCUT2D eigenvalue weighted by Crippen LogP contribution is -2.25. The van der Waals surface area contributed by atoms with E-state index in [9.17, 15) is 4.79 Å². The summed E-state index contributed by atoms with van der Waals surface area (Å²) in [6.45, 7) is 2.91. The Hall–Kier alpha value is -2.42. The zero-order valence-corrected chi connectivity index (χ0v) is 16.1. The van der Waals surface area contributed by atoms with Gasteiger partial charge in [0.2, 0.25) is 0 Å². The number of nitrogens with zero attached hydrogens (tertiary/aromatic N) is 4. The lowest BCUT2D eigenvalue weighted by Gasteiger charge is -2.19. The Kier molecular flexibility index (Phi) is 4.31. The second kappa shape index (κ2) is 6.95. The molecule has 1 aliphatic heterocycles. The van der Waals surface area contributed by atoms with Gasteiger partial charge in [-0.3, -0.25) is 14.7 Å². The van der Waals surface area contributed by atoms with Gasteiger partial charge in [0.1, 0.15) is 5.01 Å². The smallest absolute Gasteiger partial charge is 0.298 e. The Morgan fingerprint density at radius 1 is 1.15 bits per heavy atom. The summed E-state index contributed by atoms with van der Waals surface area (Å²) in [4.78, 5) is 22.8. The minimum atomic E-state index is -0.136. The van der Waals surface area contributed by atoms with Gasteiger partial charge in [0.05, 0.1) is 15.7 Å². The average Bonchev–Trinajstić information content (AvgIpc) is 3.27. The molecule has 136 valence electrons. The summed E-state index contributed by atoms with van der Waals surface area (Å²) in [6.07, 6.45) is 3.72. The molecule has 0 atom stereocenters. The number of fused-ring (bicyclic) bond motifs is 2. The van der Waals surface area contributed by atoms with Crippen LogP contribution in [0.25, 0.3) is 20.8 Å². The van der Waals surface area contributed by atoms with E-state index in [-0.39, 0.29) is 4.87 Å². The second-order valence-electron chi connectivity index (χ2n) is 6.68. The number of hydrogen-bond donors (Lipinski definition) is 1. The largest absolute Gasteiger partial charge is 0.322 e. The molecule has 1 aromatic carbocycles. The van der Waals surface area contributed by atoms with Crippen molar-refractivity contribution in [3.63, 3.8) is 0 Å². The normalized spacial score (nSPS) is 15.0. The maximum atomic E-state index is 11.4. The summed E-state index contributed by atoms with van der Waals surface area (Å²) in [5.74, 6) is 0. The minimum absolute atomic E-state index is 0.136. The van der Waals surface area contributed by atoms with E-state index >= 15 is 0 Å². The molecule has 0 spiro atoms. The number of benzene rings is 1. The summed E-state index contributed by atoms with van der Waals surface area (Å²) >= 11 is 2.80. The summed E-state index contributed by atoms with van der Waals surface area (Å²) in [5.41, 5.74) is 7.61. The van der Waals surface area contributed by atoms with E-state index in [1.807, 2.05) is 11.7 Å². The van der Waals surface area contributed by atoms with Crippen LogP contribution < -0.4 is 4.87 Å². The first-order chi connectivity index (χ1) is 13.2. The zero-order chi connectivity index (χ0) is 18.2. The SMILES string of the molecule is O=c1[nH]nc(-c2cnc3c(c2)CCN(Cc2ccc4scnc4c2)CC3)s1. The van der Waals surface area contributed by atoms with Crippen LogP contribution in [0, 0.1) is 0 Å². The highest BCUT2D eigenvalue weighted by molar-refractivity contribution is 7.16. The summed E-state index contributed by atoms with van der Waals surface area (Å²) in [6, 6.07) is 8.70. The zero-order valence-electron chi connectivity index (χ0n) is 14.5. The predicted octanol–water partition coefficient (Wildman–Crippen LogP) is 3.10. The van der Waals surface area contributed by atoms with Crippen molar-refractivity contribution in [1.29, 1.82) is 0 Å². The van der Waals surface area contributed by atoms with Crippen molar-refractivity contribution in [2.75, 3.05) is 13.1 Å². The third-order valence-corrected chi connectivity index (χ3v) is 6.52. The Morgan fingerprint density at radius 3 is 2.96 bits per heavy atom. The molecule has 3 aromatic heterocycles. The van der Waals surface area contributed by atoms with Crippen LogP contribution in [0.5, 0.6) is 0 Å². The van der Waals surface area contributed by atoms with Gasteiger partial charge < -0.3 is 0 Å². The minimum Gasteiger partial charge on any atom is -0.298 e. The highest BCUT2D eigenvalue weighted by Crippen LogP contribution is 2.24. The Labute approximate surface area is 163 Å². The van der Waals surface area contributed by atoms with Gasteiger partial charge in [-0.1, -0.05) is 17.4 Å². The molecule has 4 aromatic rings. The Morgan fingerprint density at radius 2 is 2.07 bits per heavy atom. The van der Waals surface area contributed by atoms with Crippen molar-refractivity contribution in [1.82, 2.24) is 25.1 Å². The number of thiazole rings is 1. The fraction of sp³-hybridized carbons (Fsp3) is 0.263. The number of hydrogen-bond acceptors (Lipinski definition) is 7. The maximum absolute atomic E-state index is 11.4. The average molecular weight is 396 g/mol. The van der Waals surface area contributed by atoms with E-state index in [0.29, 0.717) is 5.01 Å². The Bertz CT molecular complexity index is 1160. The van der Waals surface area contributed by atoms with Crippen LogP contribution in [0.3, 0.4) is 0 Å². The molecule has 0 amide bonds. The van der Waals surface area contributed by atoms with Crippen LogP contribution in [0.15, 0.2) is 40.8 Å². The number of aromatic nitrogens is 4. The van der Waals surface area contributed by atoms with E-state index in [1.54, 1.807) is 11.3 Å². The molecule has 0 aliphatic carbocycles. The Balaban J connectivity index is 1.33. The topological polar surface area (TPSA) is 74.8 Å². The standard InChI is InChI=1S/C19H17N5OS2/c25-19-23-22-18(27-19)14-8-13-3-5-24(6-4-15(13)20-9-14)10-12-1-2-17-16(7-12)21-11-26-17/h1-2,7-9,11H,3-6,10H2,(H,23,25). The third kappa shape index (κ3) is 3.43. The first-order valence-electron chi connectivity index (χ1n) is 8.83. The van der Waals surface area contributed by atoms with Gasteiger partial charge in [0, 0.05) is 43.5 Å². The summed E-state index contributed by atoms with van der Waals surface area (Å²) in [5, 5.41) is 7.25. The van der Waals surface area contributed by atoms with Crippen molar-refractivity contribution in [2.24, 2.45) is 0 Å². The van der Waals surface area contributed by atoms with Crippen LogP contribution >= 0.6 is 22.7 Å². The van der Waals surface area contributed by atoms with Crippen LogP contribution in [-0.2, 0) is 19.4 Å². The number of aromatic amines is 1. The molecule has 0 fully saturated rings. The van der Waals surface area contributed by atoms with Crippen molar-refractivity contribution in [2.45, 2.75) is 19.4 Å². The van der Waals surface area contributed by atoms with Crippen LogP contribution in [0.2, 0.25) is 0 Å². The third-order valence-electron chi connectivity index (χ3n) is 4.91. The summed E-state index contributed by atoms with van der Waals surface area (Å²) < 4.78 is 1.24. The quantitative estimate of drug-likeness (QED) is 0.577. The first-order valence-corrected chi connectivity index (χ1v) is 10.5. The number of rotatable bonds is 3. The fourth-order valence-corrected chi connectivity index (χ4v) is 4.77. The van der Waals surface area contributed by atoms with Gasteiger partial charge in [-0.05, 0) is 35.7 Å². The number of pyridine rings is 1. The van der Waals surface area contributed by atoms with Crippen LogP contribution in [0.1, 0.15) is 16.8 Å². The molecule has 0 radical (unpaired) electrons. The lowest BCUT2D eigenvalue weighted by atomic mass is 10.1. The van der Waals surface area contributed by atoms with Crippen LogP contribution in [-0.4, -0.2) is 38.2 Å². The van der Waals surface area contributed by atoms with Crippen molar-refractivity contribution >= 4 is 32.9 Å². The molecular formula is C19H17N5OS2. The van der Waals surface area contributed by atoms with Crippen molar-refractivity contribution in [3.8, 4) is 10.6 Å². The van der Waals surface area contributed by atoms with Gasteiger partial charge in [-0.15, -0.1) is 11.3 Å². The molecule has 0 saturated carbocycles. The molecule has 6 nitrogen and oxygen atoms in total. The van der Waals surface area contributed by atoms with Crippen molar-refractivity contribution < 1.29 is 0 Å².